The smallest absolute Gasteiger partial charge is 0.317 e. The van der Waals surface area contributed by atoms with Gasteiger partial charge in [-0.25, -0.2) is 47.0 Å². The predicted octanol–water partition coefficient (Wildman–Crippen LogP) is 4.22. The SMILES string of the molecule is CCc1ncc(N(C)C(=O)C(Cc2cc(F)cc(F)c2)NC(=O)NCOSN[C@@H](Cc2cc(F)cc(F)c2)C(=O)N(C)c2cnc(CC)nc2)cn1. The third-order valence-electron chi connectivity index (χ3n) is 7.62. The number of aryl methyl sites for hydroxylation is 2. The van der Waals surface area contributed by atoms with Crippen molar-refractivity contribution >= 4 is 41.4 Å². The predicted molar refractivity (Wildman–Crippen MR) is 186 cm³/mol. The maximum Gasteiger partial charge on any atom is 0.317 e. The molecule has 18 heteroatoms. The Bertz CT molecular complexity index is 1800. The summed E-state index contributed by atoms with van der Waals surface area (Å²) < 4.78 is 64.0. The Morgan fingerprint density at radius 1 is 0.692 bits per heavy atom. The van der Waals surface area contributed by atoms with Gasteiger partial charge in [0.2, 0.25) is 11.8 Å². The minimum Gasteiger partial charge on any atom is -0.326 e. The van der Waals surface area contributed by atoms with E-state index >= 15 is 0 Å². The minimum atomic E-state index is -1.29. The first-order chi connectivity index (χ1) is 24.9. The average molecular weight is 744 g/mol. The molecule has 0 radical (unpaired) electrons. The number of aromatic nitrogens is 4. The molecule has 13 nitrogen and oxygen atoms in total. The second-order valence-electron chi connectivity index (χ2n) is 11.4. The third kappa shape index (κ3) is 11.4. The first kappa shape index (κ1) is 39.6. The van der Waals surface area contributed by atoms with E-state index in [4.69, 9.17) is 4.18 Å². The molecular weight excluding hydrogens is 706 g/mol. The second kappa shape index (κ2) is 18.9. The number of rotatable bonds is 16. The summed E-state index contributed by atoms with van der Waals surface area (Å²) in [4.78, 5) is 59.2. The molecule has 0 fully saturated rings. The largest absolute Gasteiger partial charge is 0.326 e. The van der Waals surface area contributed by atoms with Gasteiger partial charge in [-0.15, -0.1) is 0 Å². The number of hydrogen-bond acceptors (Lipinski definition) is 10. The minimum absolute atomic E-state index is 0.116. The third-order valence-corrected chi connectivity index (χ3v) is 8.23. The molecule has 1 unspecified atom stereocenters. The number of halogens is 4. The molecule has 4 rings (SSSR count). The maximum absolute atomic E-state index is 14.0. The lowest BCUT2D eigenvalue weighted by molar-refractivity contribution is -0.120. The molecule has 0 saturated carbocycles. The van der Waals surface area contributed by atoms with E-state index in [1.807, 2.05) is 13.8 Å². The van der Waals surface area contributed by atoms with E-state index < -0.39 is 59.9 Å². The number of likely N-dealkylation sites (N-methyl/N-ethyl adjacent to an activating group) is 2. The number of nitrogens with one attached hydrogen (secondary N) is 3. The lowest BCUT2D eigenvalue weighted by Crippen LogP contribution is -2.52. The van der Waals surface area contributed by atoms with Crippen molar-refractivity contribution in [3.05, 3.63) is 107 Å². The zero-order valence-electron chi connectivity index (χ0n) is 28.7. The Morgan fingerprint density at radius 3 is 1.52 bits per heavy atom. The molecule has 4 amide bonds. The number of urea groups is 1. The van der Waals surface area contributed by atoms with E-state index in [0.717, 1.165) is 24.3 Å². The highest BCUT2D eigenvalue weighted by Crippen LogP contribution is 2.18. The molecule has 0 aliphatic carbocycles. The van der Waals surface area contributed by atoms with Crippen molar-refractivity contribution in [1.82, 2.24) is 35.3 Å². The summed E-state index contributed by atoms with van der Waals surface area (Å²) in [6, 6.07) is 2.48. The van der Waals surface area contributed by atoms with Gasteiger partial charge in [-0.2, -0.15) is 0 Å². The summed E-state index contributed by atoms with van der Waals surface area (Å²) >= 11 is 0.583. The quantitative estimate of drug-likeness (QED) is 0.0500. The zero-order valence-corrected chi connectivity index (χ0v) is 29.5. The molecule has 0 bridgehead atoms. The van der Waals surface area contributed by atoms with Crippen LogP contribution in [0, 0.1) is 23.3 Å². The lowest BCUT2D eigenvalue weighted by Gasteiger charge is -2.25. The van der Waals surface area contributed by atoms with Gasteiger partial charge in [0.15, 0.2) is 0 Å². The van der Waals surface area contributed by atoms with Crippen molar-refractivity contribution in [3.63, 3.8) is 0 Å². The van der Waals surface area contributed by atoms with Gasteiger partial charge in [0.1, 0.15) is 53.7 Å². The number of benzene rings is 2. The van der Waals surface area contributed by atoms with E-state index in [9.17, 15) is 31.9 Å². The van der Waals surface area contributed by atoms with Crippen LogP contribution in [0.15, 0.2) is 61.2 Å². The molecule has 52 heavy (non-hydrogen) atoms. The summed E-state index contributed by atoms with van der Waals surface area (Å²) in [5.74, 6) is -3.33. The van der Waals surface area contributed by atoms with Crippen molar-refractivity contribution < 1.29 is 36.1 Å². The highest BCUT2D eigenvalue weighted by atomic mass is 32.2. The van der Waals surface area contributed by atoms with Crippen LogP contribution in [0.1, 0.15) is 36.6 Å². The number of carbonyl (C=O) groups excluding carboxylic acids is 3. The van der Waals surface area contributed by atoms with Gasteiger partial charge in [0.25, 0.3) is 0 Å². The average Bonchev–Trinajstić information content (AvgIpc) is 3.12. The van der Waals surface area contributed by atoms with Crippen LogP contribution in [0.4, 0.5) is 33.7 Å². The topological polar surface area (TPSA) is 155 Å². The lowest BCUT2D eigenvalue weighted by atomic mass is 10.0. The van der Waals surface area contributed by atoms with Crippen molar-refractivity contribution in [2.75, 3.05) is 30.6 Å². The Labute approximate surface area is 301 Å². The monoisotopic (exact) mass is 743 g/mol. The summed E-state index contributed by atoms with van der Waals surface area (Å²) in [6.07, 6.45) is 6.61. The first-order valence-electron chi connectivity index (χ1n) is 16.0. The molecule has 276 valence electrons. The summed E-state index contributed by atoms with van der Waals surface area (Å²) in [5.41, 5.74) is 1.01. The maximum atomic E-state index is 14.0. The molecule has 4 aromatic rings. The van der Waals surface area contributed by atoms with Gasteiger partial charge < -0.3 is 20.4 Å². The standard InChI is InChI=1S/C34H37F4N9O4S/c1-5-30-39-15-26(16-40-30)46(3)32(48)28(11-20-7-22(35)13-23(36)8-20)44-34(50)43-19-51-52-45-29(12-21-9-24(37)14-25(38)10-21)33(49)47(4)27-17-41-31(6-2)42-18-27/h7-10,13-18,28-29,45H,5-6,11-12,19H2,1-4H3,(H2,43,44,50)/t28?,29-/m0/s1. The molecule has 2 aromatic heterocycles. The molecular formula is C34H37F4N9O4S. The van der Waals surface area contributed by atoms with Crippen LogP contribution in [0.25, 0.3) is 0 Å². The summed E-state index contributed by atoms with van der Waals surface area (Å²) in [5, 5.41) is 4.91. The van der Waals surface area contributed by atoms with Crippen molar-refractivity contribution in [2.45, 2.75) is 51.6 Å². The number of nitrogens with zero attached hydrogens (tertiary/aromatic N) is 6. The molecule has 3 N–H and O–H groups in total. The molecule has 2 atom stereocenters. The van der Waals surface area contributed by atoms with Crippen molar-refractivity contribution in [2.24, 2.45) is 0 Å². The number of anilines is 2. The van der Waals surface area contributed by atoms with E-state index in [-0.39, 0.29) is 24.0 Å². The fraction of sp³-hybridized carbons (Fsp3) is 0.324. The Balaban J connectivity index is 1.39. The van der Waals surface area contributed by atoms with Crippen LogP contribution in [0.5, 0.6) is 0 Å². The molecule has 0 saturated heterocycles. The number of hydrogen-bond donors (Lipinski definition) is 3. The van der Waals surface area contributed by atoms with Crippen LogP contribution in [0.3, 0.4) is 0 Å². The number of carbonyl (C=O) groups is 3. The fourth-order valence-corrected chi connectivity index (χ4v) is 5.35. The van der Waals surface area contributed by atoms with Crippen LogP contribution in [-0.4, -0.2) is 70.7 Å². The van der Waals surface area contributed by atoms with Gasteiger partial charge in [-0.05, 0) is 41.8 Å². The molecule has 0 aliphatic rings. The van der Waals surface area contributed by atoms with Crippen LogP contribution < -0.4 is 25.2 Å². The van der Waals surface area contributed by atoms with Crippen molar-refractivity contribution in [3.8, 4) is 0 Å². The van der Waals surface area contributed by atoms with Crippen LogP contribution in [-0.2, 0) is 39.5 Å². The zero-order chi connectivity index (χ0) is 37.8. The van der Waals surface area contributed by atoms with Gasteiger partial charge >= 0.3 is 6.03 Å². The van der Waals surface area contributed by atoms with E-state index in [1.54, 1.807) is 0 Å². The van der Waals surface area contributed by atoms with Gasteiger partial charge in [-0.3, -0.25) is 13.8 Å². The van der Waals surface area contributed by atoms with E-state index in [1.165, 1.54) is 48.7 Å². The highest BCUT2D eigenvalue weighted by molar-refractivity contribution is 7.92. The Kier molecular flexibility index (Phi) is 14.4. The molecule has 2 heterocycles. The molecule has 0 spiro atoms. The van der Waals surface area contributed by atoms with E-state index in [0.29, 0.717) is 60.2 Å². The summed E-state index contributed by atoms with van der Waals surface area (Å²) in [6.45, 7) is 3.31. The highest BCUT2D eigenvalue weighted by Gasteiger charge is 2.27. The first-order valence-corrected chi connectivity index (χ1v) is 16.8. The van der Waals surface area contributed by atoms with Gasteiger partial charge in [0, 0.05) is 45.5 Å². The Morgan fingerprint density at radius 2 is 1.10 bits per heavy atom. The fourth-order valence-electron chi connectivity index (χ4n) is 4.86. The normalized spacial score (nSPS) is 12.2. The van der Waals surface area contributed by atoms with Crippen LogP contribution >= 0.6 is 12.2 Å². The number of amides is 4. The van der Waals surface area contributed by atoms with E-state index in [2.05, 4.69) is 35.3 Å². The molecule has 2 aromatic carbocycles. The van der Waals surface area contributed by atoms with Gasteiger partial charge in [0.05, 0.1) is 48.4 Å². The Hall–Kier alpha value is -5.20. The van der Waals surface area contributed by atoms with Crippen molar-refractivity contribution in [1.29, 1.82) is 0 Å². The summed E-state index contributed by atoms with van der Waals surface area (Å²) in [7, 11) is 2.93. The van der Waals surface area contributed by atoms with Crippen LogP contribution in [0.2, 0.25) is 0 Å². The van der Waals surface area contributed by atoms with Gasteiger partial charge in [-0.1, -0.05) is 13.8 Å². The molecule has 0 aliphatic heterocycles. The second-order valence-corrected chi connectivity index (χ2v) is 12.0.